The molecule has 10 heteroatoms. The van der Waals surface area contributed by atoms with Crippen molar-refractivity contribution < 1.29 is 32.3 Å². The first kappa shape index (κ1) is 20.3. The molecular formula is C19H16F3N3O4. The van der Waals surface area contributed by atoms with Crippen LogP contribution in [0.25, 0.3) is 0 Å². The van der Waals surface area contributed by atoms with Crippen molar-refractivity contribution in [2.45, 2.75) is 19.0 Å². The summed E-state index contributed by atoms with van der Waals surface area (Å²) in [5, 5.41) is 2.35. The Bertz CT molecular complexity index is 958. The van der Waals surface area contributed by atoms with E-state index in [1.54, 1.807) is 19.2 Å². The van der Waals surface area contributed by atoms with Gasteiger partial charge in [-0.25, -0.2) is 4.98 Å². The number of hydrogen-bond donors (Lipinski definition) is 1. The van der Waals surface area contributed by atoms with E-state index < -0.39 is 17.6 Å². The van der Waals surface area contributed by atoms with Crippen molar-refractivity contribution in [2.75, 3.05) is 23.9 Å². The average molecular weight is 407 g/mol. The summed E-state index contributed by atoms with van der Waals surface area (Å²) in [4.78, 5) is 41.0. The quantitative estimate of drug-likeness (QED) is 0.770. The van der Waals surface area contributed by atoms with Gasteiger partial charge in [-0.1, -0.05) is 0 Å². The molecule has 0 aliphatic carbocycles. The van der Waals surface area contributed by atoms with Gasteiger partial charge in [0.25, 0.3) is 5.91 Å². The Hall–Kier alpha value is -3.43. The molecule has 0 fully saturated rings. The molecule has 0 unspecified atom stereocenters. The summed E-state index contributed by atoms with van der Waals surface area (Å²) in [7, 11) is 1.57. The number of pyridine rings is 1. The molecule has 0 saturated heterocycles. The molecule has 1 N–H and O–H groups in total. The molecule has 0 atom stereocenters. The number of carbonyl (C=O) groups is 3. The maximum atomic E-state index is 12.5. The number of alkyl halides is 3. The van der Waals surface area contributed by atoms with E-state index in [4.69, 9.17) is 4.74 Å². The van der Waals surface area contributed by atoms with E-state index in [0.29, 0.717) is 23.2 Å². The Morgan fingerprint density at radius 2 is 1.97 bits per heavy atom. The first-order chi connectivity index (χ1) is 13.6. The number of nitrogens with one attached hydrogen (secondary N) is 1. The topological polar surface area (TPSA) is 88.6 Å². The molecule has 1 aromatic heterocycles. The number of amides is 2. The minimum absolute atomic E-state index is 0.0403. The predicted octanol–water partition coefficient (Wildman–Crippen LogP) is 3.06. The number of Topliss-reactive ketones (excluding diaryl/α,β-unsaturated/α-hetero) is 1. The lowest BCUT2D eigenvalue weighted by atomic mass is 10.0. The number of likely N-dealkylation sites (N-methyl/N-ethyl adjacent to an activating group) is 1. The van der Waals surface area contributed by atoms with Gasteiger partial charge in [0.15, 0.2) is 12.4 Å². The number of fused-ring (bicyclic) bond motifs is 1. The number of hydrogen-bond acceptors (Lipinski definition) is 5. The molecule has 2 heterocycles. The molecule has 152 valence electrons. The monoisotopic (exact) mass is 407 g/mol. The van der Waals surface area contributed by atoms with Gasteiger partial charge in [0.1, 0.15) is 11.6 Å². The molecule has 29 heavy (non-hydrogen) atoms. The highest BCUT2D eigenvalue weighted by Gasteiger charge is 2.30. The van der Waals surface area contributed by atoms with E-state index in [1.165, 1.54) is 11.0 Å². The Labute approximate surface area is 163 Å². The molecule has 2 aromatic rings. The van der Waals surface area contributed by atoms with Crippen LogP contribution in [0.1, 0.15) is 28.8 Å². The fraction of sp³-hybridized carbons (Fsp3) is 0.263. The van der Waals surface area contributed by atoms with Gasteiger partial charge in [-0.2, -0.15) is 13.2 Å². The SMILES string of the molecule is CN1C(=O)COc2ccc(C(=O)CCC(=O)Nc3ccc(C(F)(F)F)cn3)cc21. The molecule has 0 saturated carbocycles. The lowest BCUT2D eigenvalue weighted by Crippen LogP contribution is -2.35. The predicted molar refractivity (Wildman–Crippen MR) is 96.8 cm³/mol. The number of ether oxygens (including phenoxy) is 1. The number of benzene rings is 1. The highest BCUT2D eigenvalue weighted by atomic mass is 19.4. The summed E-state index contributed by atoms with van der Waals surface area (Å²) in [6, 6.07) is 6.49. The van der Waals surface area contributed by atoms with Crippen LogP contribution in [0.5, 0.6) is 5.75 Å². The smallest absolute Gasteiger partial charge is 0.417 e. The van der Waals surface area contributed by atoms with Crippen molar-refractivity contribution in [2.24, 2.45) is 0 Å². The van der Waals surface area contributed by atoms with Crippen molar-refractivity contribution in [3.8, 4) is 5.75 Å². The van der Waals surface area contributed by atoms with Gasteiger partial charge in [-0.05, 0) is 30.3 Å². The van der Waals surface area contributed by atoms with E-state index in [-0.39, 0.29) is 37.0 Å². The molecule has 7 nitrogen and oxygen atoms in total. The molecule has 3 rings (SSSR count). The van der Waals surface area contributed by atoms with Crippen molar-refractivity contribution >= 4 is 29.1 Å². The van der Waals surface area contributed by atoms with E-state index in [9.17, 15) is 27.6 Å². The Morgan fingerprint density at radius 3 is 2.62 bits per heavy atom. The lowest BCUT2D eigenvalue weighted by molar-refractivity contribution is -0.137. The second-order valence-corrected chi connectivity index (χ2v) is 6.33. The van der Waals surface area contributed by atoms with Crippen LogP contribution >= 0.6 is 0 Å². The van der Waals surface area contributed by atoms with Crippen molar-refractivity contribution in [3.05, 3.63) is 47.7 Å². The second kappa shape index (κ2) is 7.90. The Kier molecular flexibility index (Phi) is 5.53. The van der Waals surface area contributed by atoms with Crippen molar-refractivity contribution in [3.63, 3.8) is 0 Å². The summed E-state index contributed by atoms with van der Waals surface area (Å²) < 4.78 is 42.8. The first-order valence-corrected chi connectivity index (χ1v) is 8.55. The zero-order valence-electron chi connectivity index (χ0n) is 15.2. The average Bonchev–Trinajstić information content (AvgIpc) is 2.68. The lowest BCUT2D eigenvalue weighted by Gasteiger charge is -2.26. The van der Waals surface area contributed by atoms with E-state index in [1.807, 2.05) is 0 Å². The Morgan fingerprint density at radius 1 is 1.21 bits per heavy atom. The van der Waals surface area contributed by atoms with Gasteiger partial charge in [0, 0.05) is 31.6 Å². The number of halogens is 3. The number of nitrogens with zero attached hydrogens (tertiary/aromatic N) is 2. The summed E-state index contributed by atoms with van der Waals surface area (Å²) >= 11 is 0. The highest BCUT2D eigenvalue weighted by Crippen LogP contribution is 2.32. The summed E-state index contributed by atoms with van der Waals surface area (Å²) in [6.07, 6.45) is -4.19. The minimum Gasteiger partial charge on any atom is -0.482 e. The van der Waals surface area contributed by atoms with Gasteiger partial charge in [0.05, 0.1) is 11.3 Å². The number of ketones is 1. The van der Waals surface area contributed by atoms with Gasteiger partial charge < -0.3 is 15.0 Å². The zero-order valence-corrected chi connectivity index (χ0v) is 15.2. The molecule has 2 amide bonds. The van der Waals surface area contributed by atoms with E-state index in [2.05, 4.69) is 10.3 Å². The molecule has 0 radical (unpaired) electrons. The molecule has 0 bridgehead atoms. The van der Waals surface area contributed by atoms with Gasteiger partial charge in [-0.15, -0.1) is 0 Å². The standard InChI is InChI=1S/C19H16F3N3O4/c1-25-13-8-11(2-5-15(13)29-10-18(25)28)14(26)4-7-17(27)24-16-6-3-12(9-23-16)19(20,21)22/h2-3,5-6,8-9H,4,7,10H2,1H3,(H,23,24,27). The summed E-state index contributed by atoms with van der Waals surface area (Å²) in [5.74, 6) is -0.684. The van der Waals surface area contributed by atoms with Crippen LogP contribution in [0.3, 0.4) is 0 Å². The van der Waals surface area contributed by atoms with Crippen LogP contribution in [-0.2, 0) is 15.8 Å². The van der Waals surface area contributed by atoms with Crippen LogP contribution in [-0.4, -0.2) is 36.2 Å². The number of anilines is 2. The third kappa shape index (κ3) is 4.71. The third-order valence-corrected chi connectivity index (χ3v) is 4.30. The highest BCUT2D eigenvalue weighted by molar-refractivity contribution is 6.03. The maximum absolute atomic E-state index is 12.5. The van der Waals surface area contributed by atoms with Crippen LogP contribution < -0.4 is 15.0 Å². The molecule has 1 aliphatic heterocycles. The molecule has 0 spiro atoms. The van der Waals surface area contributed by atoms with E-state index >= 15 is 0 Å². The van der Waals surface area contributed by atoms with Gasteiger partial charge in [-0.3, -0.25) is 14.4 Å². The fourth-order valence-electron chi connectivity index (χ4n) is 2.66. The fourth-order valence-corrected chi connectivity index (χ4v) is 2.66. The first-order valence-electron chi connectivity index (χ1n) is 8.55. The number of aromatic nitrogens is 1. The maximum Gasteiger partial charge on any atom is 0.417 e. The minimum atomic E-state index is -4.51. The number of rotatable bonds is 5. The van der Waals surface area contributed by atoms with Crippen LogP contribution in [0.2, 0.25) is 0 Å². The van der Waals surface area contributed by atoms with Crippen LogP contribution in [0.4, 0.5) is 24.7 Å². The zero-order chi connectivity index (χ0) is 21.2. The van der Waals surface area contributed by atoms with Gasteiger partial charge in [0.2, 0.25) is 5.91 Å². The number of carbonyl (C=O) groups excluding carboxylic acids is 3. The summed E-state index contributed by atoms with van der Waals surface area (Å²) in [6.45, 7) is -0.0745. The van der Waals surface area contributed by atoms with E-state index in [0.717, 1.165) is 12.1 Å². The Balaban J connectivity index is 1.58. The molecule has 1 aromatic carbocycles. The van der Waals surface area contributed by atoms with Crippen molar-refractivity contribution in [1.82, 2.24) is 4.98 Å². The summed E-state index contributed by atoms with van der Waals surface area (Å²) in [5.41, 5.74) is -0.148. The molecule has 1 aliphatic rings. The van der Waals surface area contributed by atoms with Crippen LogP contribution in [0.15, 0.2) is 36.5 Å². The second-order valence-electron chi connectivity index (χ2n) is 6.33. The molecular weight excluding hydrogens is 391 g/mol. The van der Waals surface area contributed by atoms with Crippen molar-refractivity contribution in [1.29, 1.82) is 0 Å². The van der Waals surface area contributed by atoms with Crippen LogP contribution in [0, 0.1) is 0 Å². The van der Waals surface area contributed by atoms with Gasteiger partial charge >= 0.3 is 6.18 Å². The normalized spacial score (nSPS) is 13.5. The third-order valence-electron chi connectivity index (χ3n) is 4.30. The largest absolute Gasteiger partial charge is 0.482 e.